The Kier molecular flexibility index (Phi) is 7.06. The normalized spacial score (nSPS) is 16.9. The van der Waals surface area contributed by atoms with Crippen molar-refractivity contribution in [3.63, 3.8) is 0 Å². The number of nitrogens with zero attached hydrogens (tertiary/aromatic N) is 1. The summed E-state index contributed by atoms with van der Waals surface area (Å²) in [6.45, 7) is 2.65. The second kappa shape index (κ2) is 10.3. The predicted octanol–water partition coefficient (Wildman–Crippen LogP) is 4.72. The van der Waals surface area contributed by atoms with E-state index < -0.39 is 17.7 Å². The van der Waals surface area contributed by atoms with Crippen molar-refractivity contribution in [2.75, 3.05) is 20.8 Å². The zero-order valence-electron chi connectivity index (χ0n) is 19.9. The van der Waals surface area contributed by atoms with Crippen LogP contribution < -0.4 is 14.2 Å². The third-order valence-corrected chi connectivity index (χ3v) is 5.92. The van der Waals surface area contributed by atoms with Crippen LogP contribution in [0, 0.1) is 0 Å². The van der Waals surface area contributed by atoms with Crippen molar-refractivity contribution in [2.45, 2.75) is 19.5 Å². The Morgan fingerprint density at radius 2 is 1.37 bits per heavy atom. The molecule has 1 atom stereocenters. The van der Waals surface area contributed by atoms with E-state index >= 15 is 0 Å². The van der Waals surface area contributed by atoms with Crippen molar-refractivity contribution in [3.8, 4) is 17.2 Å². The second-order valence-corrected chi connectivity index (χ2v) is 8.01. The van der Waals surface area contributed by atoms with Crippen molar-refractivity contribution in [3.05, 3.63) is 95.1 Å². The van der Waals surface area contributed by atoms with Crippen LogP contribution in [0.4, 0.5) is 0 Å². The number of carbonyl (C=O) groups is 2. The van der Waals surface area contributed by atoms with E-state index in [1.54, 1.807) is 62.8 Å². The fourth-order valence-corrected chi connectivity index (χ4v) is 4.13. The minimum atomic E-state index is -0.769. The fourth-order valence-electron chi connectivity index (χ4n) is 4.13. The van der Waals surface area contributed by atoms with Crippen LogP contribution in [-0.4, -0.2) is 42.5 Å². The summed E-state index contributed by atoms with van der Waals surface area (Å²) in [5, 5.41) is 11.2. The van der Waals surface area contributed by atoms with E-state index in [1.807, 2.05) is 31.2 Å². The first kappa shape index (κ1) is 23.9. The van der Waals surface area contributed by atoms with Crippen LogP contribution in [0.1, 0.15) is 29.7 Å². The molecule has 0 spiro atoms. The van der Waals surface area contributed by atoms with Crippen LogP contribution in [0.15, 0.2) is 78.4 Å². The molecule has 35 heavy (non-hydrogen) atoms. The molecule has 7 heteroatoms. The van der Waals surface area contributed by atoms with Gasteiger partial charge in [0.25, 0.3) is 11.7 Å². The predicted molar refractivity (Wildman–Crippen MR) is 131 cm³/mol. The number of aliphatic hydroxyl groups excluding tert-OH is 1. The molecule has 1 saturated heterocycles. The summed E-state index contributed by atoms with van der Waals surface area (Å²) < 4.78 is 15.9. The van der Waals surface area contributed by atoms with Gasteiger partial charge in [-0.15, -0.1) is 0 Å². The number of ether oxygens (including phenoxy) is 3. The lowest BCUT2D eigenvalue weighted by Crippen LogP contribution is -2.29. The maximum atomic E-state index is 13.2. The summed E-state index contributed by atoms with van der Waals surface area (Å²) in [5.74, 6) is 0.349. The molecule has 0 saturated carbocycles. The van der Waals surface area contributed by atoms with Gasteiger partial charge in [-0.1, -0.05) is 24.3 Å². The van der Waals surface area contributed by atoms with Gasteiger partial charge in [0.1, 0.15) is 23.0 Å². The topological polar surface area (TPSA) is 85.3 Å². The molecule has 0 aliphatic carbocycles. The molecule has 3 aromatic rings. The molecule has 7 nitrogen and oxygen atoms in total. The van der Waals surface area contributed by atoms with Crippen LogP contribution in [-0.2, 0) is 16.1 Å². The number of carbonyl (C=O) groups excluding carboxylic acids is 2. The van der Waals surface area contributed by atoms with Crippen molar-refractivity contribution in [1.29, 1.82) is 0 Å². The molecule has 3 aromatic carbocycles. The third-order valence-electron chi connectivity index (χ3n) is 5.92. The average Bonchev–Trinajstić information content (AvgIpc) is 3.14. The van der Waals surface area contributed by atoms with E-state index in [0.29, 0.717) is 29.2 Å². The highest BCUT2D eigenvalue weighted by molar-refractivity contribution is 6.46. The standard InChI is InChI=1S/C28H27NO6/c1-4-35-23-11-5-18(6-12-23)17-29-25(19-7-13-21(33-2)14-8-19)24(27(31)28(29)32)26(30)20-9-15-22(34-3)16-10-20/h5-16,25,30H,4,17H2,1-3H3/b26-24-. The zero-order valence-corrected chi connectivity index (χ0v) is 19.9. The Morgan fingerprint density at radius 3 is 1.91 bits per heavy atom. The van der Waals surface area contributed by atoms with Crippen LogP contribution in [0.2, 0.25) is 0 Å². The highest BCUT2D eigenvalue weighted by Crippen LogP contribution is 2.41. The van der Waals surface area contributed by atoms with E-state index in [1.165, 1.54) is 4.90 Å². The second-order valence-electron chi connectivity index (χ2n) is 8.01. The van der Waals surface area contributed by atoms with Crippen LogP contribution >= 0.6 is 0 Å². The van der Waals surface area contributed by atoms with Crippen LogP contribution in [0.25, 0.3) is 5.76 Å². The Bertz CT molecular complexity index is 1230. The highest BCUT2D eigenvalue weighted by Gasteiger charge is 2.46. The summed E-state index contributed by atoms with van der Waals surface area (Å²) >= 11 is 0. The van der Waals surface area contributed by atoms with Crippen molar-refractivity contribution in [1.82, 2.24) is 4.90 Å². The Labute approximate surface area is 204 Å². The molecular formula is C28H27NO6. The summed E-state index contributed by atoms with van der Waals surface area (Å²) in [4.78, 5) is 27.9. The third kappa shape index (κ3) is 4.84. The Balaban J connectivity index is 1.78. The molecule has 1 heterocycles. The Hall–Kier alpha value is -4.26. The lowest BCUT2D eigenvalue weighted by molar-refractivity contribution is -0.140. The van der Waals surface area contributed by atoms with Gasteiger partial charge in [-0.05, 0) is 66.6 Å². The van der Waals surface area contributed by atoms with E-state index in [0.717, 1.165) is 11.3 Å². The molecule has 1 aliphatic heterocycles. The molecule has 4 rings (SSSR count). The molecule has 0 aromatic heterocycles. The molecule has 1 unspecified atom stereocenters. The van der Waals surface area contributed by atoms with Gasteiger partial charge in [-0.3, -0.25) is 9.59 Å². The molecule has 0 radical (unpaired) electrons. The van der Waals surface area contributed by atoms with E-state index in [9.17, 15) is 14.7 Å². The number of rotatable bonds is 8. The molecule has 1 aliphatic rings. The van der Waals surface area contributed by atoms with E-state index in [2.05, 4.69) is 0 Å². The van der Waals surface area contributed by atoms with Crippen molar-refractivity contribution >= 4 is 17.4 Å². The Morgan fingerprint density at radius 1 is 0.829 bits per heavy atom. The number of benzene rings is 3. The van der Waals surface area contributed by atoms with E-state index in [4.69, 9.17) is 14.2 Å². The highest BCUT2D eigenvalue weighted by atomic mass is 16.5. The van der Waals surface area contributed by atoms with Gasteiger partial charge in [-0.25, -0.2) is 0 Å². The van der Waals surface area contributed by atoms with Gasteiger partial charge in [0.05, 0.1) is 32.4 Å². The van der Waals surface area contributed by atoms with Crippen molar-refractivity contribution < 1.29 is 28.9 Å². The molecule has 1 amide bonds. The zero-order chi connectivity index (χ0) is 24.9. The van der Waals surface area contributed by atoms with Gasteiger partial charge in [0.15, 0.2) is 0 Å². The molecule has 0 bridgehead atoms. The van der Waals surface area contributed by atoms with E-state index in [-0.39, 0.29) is 17.9 Å². The van der Waals surface area contributed by atoms with Crippen molar-refractivity contribution in [2.24, 2.45) is 0 Å². The first-order valence-corrected chi connectivity index (χ1v) is 11.2. The van der Waals surface area contributed by atoms with Crippen LogP contribution in [0.5, 0.6) is 17.2 Å². The maximum absolute atomic E-state index is 13.2. The fraction of sp³-hybridized carbons (Fsp3) is 0.214. The summed E-state index contributed by atoms with van der Waals surface area (Å²) in [6.07, 6.45) is 0. The smallest absolute Gasteiger partial charge is 0.295 e. The minimum absolute atomic E-state index is 0.0382. The number of methoxy groups -OCH3 is 2. The number of aliphatic hydroxyl groups is 1. The SMILES string of the molecule is CCOc1ccc(CN2C(=O)C(=O)/C(=C(\O)c3ccc(OC)cc3)C2c2ccc(OC)cc2)cc1. The summed E-state index contributed by atoms with van der Waals surface area (Å²) in [5.41, 5.74) is 1.98. The van der Waals surface area contributed by atoms with Gasteiger partial charge in [0, 0.05) is 12.1 Å². The maximum Gasteiger partial charge on any atom is 0.295 e. The lowest BCUT2D eigenvalue weighted by Gasteiger charge is -2.25. The van der Waals surface area contributed by atoms with Gasteiger partial charge in [0.2, 0.25) is 0 Å². The van der Waals surface area contributed by atoms with Gasteiger partial charge < -0.3 is 24.2 Å². The molecule has 180 valence electrons. The minimum Gasteiger partial charge on any atom is -0.507 e. The van der Waals surface area contributed by atoms with Crippen LogP contribution in [0.3, 0.4) is 0 Å². The first-order valence-electron chi connectivity index (χ1n) is 11.2. The average molecular weight is 474 g/mol. The largest absolute Gasteiger partial charge is 0.507 e. The lowest BCUT2D eigenvalue weighted by atomic mass is 9.95. The molecule has 1 fully saturated rings. The quantitative estimate of drug-likeness (QED) is 0.289. The number of amides is 1. The number of hydrogen-bond acceptors (Lipinski definition) is 6. The molecule has 1 N–H and O–H groups in total. The number of Topliss-reactive ketones (excluding diaryl/α,β-unsaturated/α-hetero) is 1. The summed E-state index contributed by atoms with van der Waals surface area (Å²) in [6, 6.07) is 20.4. The number of likely N-dealkylation sites (tertiary alicyclic amines) is 1. The first-order chi connectivity index (χ1) is 17.0. The monoisotopic (exact) mass is 473 g/mol. The van der Waals surface area contributed by atoms with Gasteiger partial charge in [-0.2, -0.15) is 0 Å². The van der Waals surface area contributed by atoms with Gasteiger partial charge >= 0.3 is 0 Å². The molecular weight excluding hydrogens is 446 g/mol. The summed E-state index contributed by atoms with van der Waals surface area (Å²) in [7, 11) is 3.11. The number of ketones is 1. The number of hydrogen-bond donors (Lipinski definition) is 1.